The predicted octanol–water partition coefficient (Wildman–Crippen LogP) is 1.14. The number of fused-ring (bicyclic) bond motifs is 1. The van der Waals surface area contributed by atoms with Gasteiger partial charge >= 0.3 is 0 Å². The molecule has 5 nitrogen and oxygen atoms in total. The summed E-state index contributed by atoms with van der Waals surface area (Å²) in [4.78, 5) is 0. The molecular formula is C13H18N2O3S. The zero-order chi connectivity index (χ0) is 13.5. The third-order valence-corrected chi connectivity index (χ3v) is 6.16. The Hall–Kier alpha value is -1.27. The number of anilines is 2. The lowest BCUT2D eigenvalue weighted by atomic mass is 10.1. The molecule has 0 spiro atoms. The van der Waals surface area contributed by atoms with Crippen molar-refractivity contribution in [3.8, 4) is 0 Å². The number of nitrogen functional groups attached to an aromatic ring is 1. The maximum Gasteiger partial charge on any atom is 0.238 e. The molecule has 2 aliphatic rings. The van der Waals surface area contributed by atoms with Crippen LogP contribution in [0, 0.1) is 0 Å². The first kappa shape index (κ1) is 12.7. The first-order chi connectivity index (χ1) is 9.09. The van der Waals surface area contributed by atoms with Crippen molar-refractivity contribution in [3.63, 3.8) is 0 Å². The minimum atomic E-state index is -3.28. The van der Waals surface area contributed by atoms with E-state index in [1.54, 1.807) is 10.4 Å². The molecule has 1 fully saturated rings. The van der Waals surface area contributed by atoms with E-state index in [2.05, 4.69) is 0 Å². The summed E-state index contributed by atoms with van der Waals surface area (Å²) >= 11 is 0. The molecule has 0 aromatic heterocycles. The van der Waals surface area contributed by atoms with Gasteiger partial charge in [0.1, 0.15) is 0 Å². The van der Waals surface area contributed by atoms with Gasteiger partial charge in [0.15, 0.2) is 0 Å². The molecule has 1 aromatic carbocycles. The summed E-state index contributed by atoms with van der Waals surface area (Å²) in [6, 6.07) is 5.44. The van der Waals surface area contributed by atoms with Gasteiger partial charge in [0.2, 0.25) is 10.0 Å². The van der Waals surface area contributed by atoms with E-state index < -0.39 is 10.0 Å². The van der Waals surface area contributed by atoms with E-state index in [4.69, 9.17) is 10.5 Å². The van der Waals surface area contributed by atoms with Crippen molar-refractivity contribution in [2.75, 3.05) is 29.8 Å². The quantitative estimate of drug-likeness (QED) is 0.826. The minimum Gasteiger partial charge on any atom is -0.399 e. The second-order valence-electron chi connectivity index (χ2n) is 5.07. The molecule has 2 aliphatic heterocycles. The largest absolute Gasteiger partial charge is 0.399 e. The number of nitrogens with zero attached hydrogens (tertiary/aromatic N) is 1. The molecule has 0 radical (unpaired) electrons. The van der Waals surface area contributed by atoms with Crippen LogP contribution in [0.1, 0.15) is 18.4 Å². The van der Waals surface area contributed by atoms with Gasteiger partial charge in [-0.3, -0.25) is 4.31 Å². The molecule has 3 rings (SSSR count). The van der Waals surface area contributed by atoms with E-state index in [0.717, 1.165) is 17.7 Å². The summed E-state index contributed by atoms with van der Waals surface area (Å²) in [5.41, 5.74) is 8.24. The van der Waals surface area contributed by atoms with Crippen molar-refractivity contribution in [1.29, 1.82) is 0 Å². The fourth-order valence-corrected chi connectivity index (χ4v) is 4.76. The molecule has 1 aromatic rings. The fourth-order valence-electron chi connectivity index (χ4n) is 2.81. The summed E-state index contributed by atoms with van der Waals surface area (Å²) in [7, 11) is -3.28. The lowest BCUT2D eigenvalue weighted by Crippen LogP contribution is -2.40. The molecule has 2 heterocycles. The van der Waals surface area contributed by atoms with E-state index >= 15 is 0 Å². The summed E-state index contributed by atoms with van der Waals surface area (Å²) in [6.45, 7) is 1.59. The molecule has 0 amide bonds. The van der Waals surface area contributed by atoms with Crippen LogP contribution in [-0.2, 0) is 21.2 Å². The van der Waals surface area contributed by atoms with Crippen LogP contribution < -0.4 is 10.0 Å². The predicted molar refractivity (Wildman–Crippen MR) is 74.7 cm³/mol. The van der Waals surface area contributed by atoms with E-state index in [1.165, 1.54) is 0 Å². The maximum atomic E-state index is 12.7. The van der Waals surface area contributed by atoms with Crippen LogP contribution in [0.25, 0.3) is 0 Å². The van der Waals surface area contributed by atoms with Crippen LogP contribution in [0.3, 0.4) is 0 Å². The molecule has 2 N–H and O–H groups in total. The van der Waals surface area contributed by atoms with Crippen molar-refractivity contribution < 1.29 is 13.2 Å². The van der Waals surface area contributed by atoms with Gasteiger partial charge in [-0.05, 0) is 43.0 Å². The Morgan fingerprint density at radius 1 is 1.26 bits per heavy atom. The van der Waals surface area contributed by atoms with Crippen LogP contribution in [0.15, 0.2) is 18.2 Å². The monoisotopic (exact) mass is 282 g/mol. The Morgan fingerprint density at radius 3 is 2.74 bits per heavy atom. The van der Waals surface area contributed by atoms with Crippen LogP contribution in [-0.4, -0.2) is 33.4 Å². The van der Waals surface area contributed by atoms with Crippen molar-refractivity contribution in [3.05, 3.63) is 23.8 Å². The summed E-state index contributed by atoms with van der Waals surface area (Å²) in [5, 5.41) is -0.315. The molecule has 0 bridgehead atoms. The first-order valence-corrected chi connectivity index (χ1v) is 8.07. The fraction of sp³-hybridized carbons (Fsp3) is 0.538. The van der Waals surface area contributed by atoms with Crippen molar-refractivity contribution in [2.45, 2.75) is 24.5 Å². The Morgan fingerprint density at radius 2 is 2.00 bits per heavy atom. The number of benzene rings is 1. The minimum absolute atomic E-state index is 0.315. The van der Waals surface area contributed by atoms with Crippen LogP contribution in [0.4, 0.5) is 11.4 Å². The summed E-state index contributed by atoms with van der Waals surface area (Å²) in [6.07, 6.45) is 1.91. The highest BCUT2D eigenvalue weighted by Crippen LogP contribution is 2.34. The second kappa shape index (κ2) is 4.68. The molecular weight excluding hydrogens is 264 g/mol. The molecule has 19 heavy (non-hydrogen) atoms. The summed E-state index contributed by atoms with van der Waals surface area (Å²) in [5.74, 6) is 0. The Bertz CT molecular complexity index is 580. The molecule has 0 saturated carbocycles. The molecule has 6 heteroatoms. The smallest absolute Gasteiger partial charge is 0.238 e. The van der Waals surface area contributed by atoms with Crippen molar-refractivity contribution >= 4 is 21.4 Å². The van der Waals surface area contributed by atoms with Crippen LogP contribution in [0.5, 0.6) is 0 Å². The average molecular weight is 282 g/mol. The van der Waals surface area contributed by atoms with Gasteiger partial charge in [0.05, 0.1) is 10.9 Å². The third-order valence-electron chi connectivity index (χ3n) is 3.85. The number of sulfonamides is 1. The highest BCUT2D eigenvalue weighted by atomic mass is 32.2. The van der Waals surface area contributed by atoms with E-state index in [-0.39, 0.29) is 5.25 Å². The van der Waals surface area contributed by atoms with Gasteiger partial charge < -0.3 is 10.5 Å². The molecule has 1 saturated heterocycles. The van der Waals surface area contributed by atoms with Crippen LogP contribution >= 0.6 is 0 Å². The number of ether oxygens (including phenoxy) is 1. The van der Waals surface area contributed by atoms with Gasteiger partial charge in [0.25, 0.3) is 0 Å². The zero-order valence-electron chi connectivity index (χ0n) is 10.7. The summed E-state index contributed by atoms with van der Waals surface area (Å²) < 4.78 is 32.1. The highest BCUT2D eigenvalue weighted by Gasteiger charge is 2.36. The molecule has 0 atom stereocenters. The number of hydrogen-bond donors (Lipinski definition) is 1. The van der Waals surface area contributed by atoms with Gasteiger partial charge in [0, 0.05) is 25.4 Å². The second-order valence-corrected chi connectivity index (χ2v) is 7.20. The van der Waals surface area contributed by atoms with Crippen molar-refractivity contribution in [1.82, 2.24) is 0 Å². The lowest BCUT2D eigenvalue weighted by molar-refractivity contribution is 0.0983. The Kier molecular flexibility index (Phi) is 3.14. The normalized spacial score (nSPS) is 20.5. The molecule has 0 aliphatic carbocycles. The number of hydrogen-bond acceptors (Lipinski definition) is 4. The SMILES string of the molecule is Nc1ccc2c(c1)CCN2S(=O)(=O)C1CCOCC1. The highest BCUT2D eigenvalue weighted by molar-refractivity contribution is 7.93. The van der Waals surface area contributed by atoms with Crippen LogP contribution in [0.2, 0.25) is 0 Å². The lowest BCUT2D eigenvalue weighted by Gasteiger charge is -2.28. The van der Waals surface area contributed by atoms with Gasteiger partial charge in [-0.1, -0.05) is 0 Å². The topological polar surface area (TPSA) is 72.6 Å². The van der Waals surface area contributed by atoms with E-state index in [1.807, 2.05) is 12.1 Å². The van der Waals surface area contributed by atoms with E-state index in [0.29, 0.717) is 38.3 Å². The first-order valence-electron chi connectivity index (χ1n) is 6.57. The third kappa shape index (κ3) is 2.19. The van der Waals surface area contributed by atoms with Gasteiger partial charge in [-0.15, -0.1) is 0 Å². The maximum absolute atomic E-state index is 12.7. The Balaban J connectivity index is 1.92. The standard InChI is InChI=1S/C13H18N2O3S/c14-11-1-2-13-10(9-11)3-6-15(13)19(16,17)12-4-7-18-8-5-12/h1-2,9,12H,3-8,14H2. The average Bonchev–Trinajstić information content (AvgIpc) is 2.83. The van der Waals surface area contributed by atoms with Gasteiger partial charge in [-0.25, -0.2) is 8.42 Å². The number of nitrogens with two attached hydrogens (primary N) is 1. The Labute approximate surface area is 113 Å². The zero-order valence-corrected chi connectivity index (χ0v) is 11.5. The number of rotatable bonds is 2. The molecule has 0 unspecified atom stereocenters. The van der Waals surface area contributed by atoms with E-state index in [9.17, 15) is 8.42 Å². The van der Waals surface area contributed by atoms with Crippen molar-refractivity contribution in [2.24, 2.45) is 0 Å². The molecule has 104 valence electrons. The van der Waals surface area contributed by atoms with Gasteiger partial charge in [-0.2, -0.15) is 0 Å².